The molecule has 48 heavy (non-hydrogen) atoms. The number of benzene rings is 6. The van der Waals surface area contributed by atoms with Gasteiger partial charge in [0.05, 0.1) is 16.4 Å². The van der Waals surface area contributed by atoms with Crippen LogP contribution in [0.15, 0.2) is 157 Å². The van der Waals surface area contributed by atoms with E-state index in [0.717, 1.165) is 32.4 Å². The first-order chi connectivity index (χ1) is 23.8. The molecular weight excluding hydrogens is 581 g/mol. The van der Waals surface area contributed by atoms with E-state index in [1.54, 1.807) is 0 Å². The molecule has 0 fully saturated rings. The third kappa shape index (κ3) is 3.84. The molecule has 2 heteroatoms. The standard InChI is InChI=1S/C46H36N2/c1-2-12-32(13-3-1)30-47-29-28-31-24-26-33(27-25-31)34-16-10-20-40-44(34)37-15-4-6-18-38(37)46(40)39-19-7-9-23-43(39)48-42-22-8-5-14-35(42)36-17-11-21-41(46)45(36)48/h1-8,10-22,24-27,47H,9,23,28-30H2. The Bertz CT molecular complexity index is 2440. The lowest BCUT2D eigenvalue weighted by molar-refractivity contribution is 0.687. The molecule has 1 aliphatic heterocycles. The fourth-order valence-corrected chi connectivity index (χ4v) is 9.03. The maximum Gasteiger partial charge on any atom is 0.0751 e. The van der Waals surface area contributed by atoms with Crippen molar-refractivity contribution in [2.45, 2.75) is 31.2 Å². The van der Waals surface area contributed by atoms with Crippen molar-refractivity contribution in [3.63, 3.8) is 0 Å². The predicted molar refractivity (Wildman–Crippen MR) is 200 cm³/mol. The van der Waals surface area contributed by atoms with Crippen molar-refractivity contribution >= 4 is 27.5 Å². The predicted octanol–water partition coefficient (Wildman–Crippen LogP) is 10.7. The molecule has 6 aromatic carbocycles. The van der Waals surface area contributed by atoms with Gasteiger partial charge in [-0.1, -0.05) is 146 Å². The Hall–Kier alpha value is -5.44. The second-order valence-corrected chi connectivity index (χ2v) is 13.5. The van der Waals surface area contributed by atoms with E-state index in [9.17, 15) is 0 Å². The van der Waals surface area contributed by atoms with Crippen LogP contribution in [-0.4, -0.2) is 11.1 Å². The highest BCUT2D eigenvalue weighted by Gasteiger charge is 2.52. The van der Waals surface area contributed by atoms with Crippen LogP contribution in [0.25, 0.3) is 49.8 Å². The Labute approximate surface area is 281 Å². The van der Waals surface area contributed by atoms with Crippen molar-refractivity contribution in [3.8, 4) is 22.3 Å². The summed E-state index contributed by atoms with van der Waals surface area (Å²) in [6, 6.07) is 52.2. The van der Waals surface area contributed by atoms with Gasteiger partial charge in [0.2, 0.25) is 0 Å². The fraction of sp³-hybridized carbons (Fsp3) is 0.130. The molecule has 1 atom stereocenters. The van der Waals surface area contributed by atoms with Crippen LogP contribution >= 0.6 is 0 Å². The maximum atomic E-state index is 3.61. The Morgan fingerprint density at radius 2 is 1.33 bits per heavy atom. The number of hydrogen-bond donors (Lipinski definition) is 1. The average molecular weight is 617 g/mol. The Kier molecular flexibility index (Phi) is 6.22. The first-order valence-electron chi connectivity index (χ1n) is 17.3. The van der Waals surface area contributed by atoms with Gasteiger partial charge in [-0.2, -0.15) is 0 Å². The zero-order chi connectivity index (χ0) is 31.7. The number of fused-ring (bicyclic) bond motifs is 11. The van der Waals surface area contributed by atoms with Crippen LogP contribution in [0.5, 0.6) is 0 Å². The highest BCUT2D eigenvalue weighted by molar-refractivity contribution is 6.14. The van der Waals surface area contributed by atoms with Crippen LogP contribution in [0.2, 0.25) is 0 Å². The molecule has 2 aliphatic carbocycles. The van der Waals surface area contributed by atoms with Crippen molar-refractivity contribution < 1.29 is 0 Å². The van der Waals surface area contributed by atoms with Crippen molar-refractivity contribution in [2.24, 2.45) is 0 Å². The van der Waals surface area contributed by atoms with Crippen LogP contribution < -0.4 is 5.32 Å². The number of hydrogen-bond acceptors (Lipinski definition) is 1. The molecule has 0 amide bonds. The Morgan fingerprint density at radius 1 is 0.604 bits per heavy atom. The van der Waals surface area contributed by atoms with Gasteiger partial charge in [0, 0.05) is 23.0 Å². The minimum atomic E-state index is -0.373. The van der Waals surface area contributed by atoms with E-state index >= 15 is 0 Å². The molecule has 1 aromatic heterocycles. The molecule has 1 spiro atoms. The average Bonchev–Trinajstić information content (AvgIpc) is 3.65. The molecule has 1 N–H and O–H groups in total. The van der Waals surface area contributed by atoms with Crippen LogP contribution in [0, 0.1) is 0 Å². The van der Waals surface area contributed by atoms with E-state index in [-0.39, 0.29) is 5.41 Å². The summed E-state index contributed by atoms with van der Waals surface area (Å²) >= 11 is 0. The molecule has 2 heterocycles. The molecule has 0 bridgehead atoms. The van der Waals surface area contributed by atoms with E-state index in [1.807, 2.05) is 0 Å². The second-order valence-electron chi connectivity index (χ2n) is 13.5. The summed E-state index contributed by atoms with van der Waals surface area (Å²) in [4.78, 5) is 0. The molecular formula is C46H36N2. The van der Waals surface area contributed by atoms with Crippen molar-refractivity contribution in [1.29, 1.82) is 0 Å². The van der Waals surface area contributed by atoms with Crippen LogP contribution in [-0.2, 0) is 18.4 Å². The van der Waals surface area contributed by atoms with E-state index in [1.165, 1.54) is 83.1 Å². The zero-order valence-corrected chi connectivity index (χ0v) is 26.9. The van der Waals surface area contributed by atoms with Gasteiger partial charge in [0.15, 0.2) is 0 Å². The molecule has 7 aromatic rings. The number of nitrogens with zero attached hydrogens (tertiary/aromatic N) is 1. The third-order valence-electron chi connectivity index (χ3n) is 11.0. The van der Waals surface area contributed by atoms with Gasteiger partial charge >= 0.3 is 0 Å². The summed E-state index contributed by atoms with van der Waals surface area (Å²) in [5, 5.41) is 6.29. The number of aromatic nitrogens is 1. The number of para-hydroxylation sites is 2. The Balaban J connectivity index is 1.12. The third-order valence-corrected chi connectivity index (χ3v) is 11.0. The molecule has 230 valence electrons. The summed E-state index contributed by atoms with van der Waals surface area (Å²) < 4.78 is 2.60. The minimum absolute atomic E-state index is 0.373. The van der Waals surface area contributed by atoms with Crippen LogP contribution in [0.4, 0.5) is 0 Å². The largest absolute Gasteiger partial charge is 0.312 e. The zero-order valence-electron chi connectivity index (χ0n) is 26.9. The normalized spacial score (nSPS) is 17.2. The lowest BCUT2D eigenvalue weighted by Crippen LogP contribution is -2.34. The Morgan fingerprint density at radius 3 is 2.25 bits per heavy atom. The van der Waals surface area contributed by atoms with E-state index in [2.05, 4.69) is 162 Å². The van der Waals surface area contributed by atoms with Crippen molar-refractivity contribution in [2.75, 3.05) is 6.54 Å². The van der Waals surface area contributed by atoms with Gasteiger partial charge in [-0.05, 0) is 87.5 Å². The molecule has 3 aliphatic rings. The lowest BCUT2D eigenvalue weighted by atomic mass is 9.64. The van der Waals surface area contributed by atoms with E-state index < -0.39 is 0 Å². The van der Waals surface area contributed by atoms with Crippen molar-refractivity contribution in [3.05, 3.63) is 185 Å². The number of rotatable bonds is 6. The van der Waals surface area contributed by atoms with Gasteiger partial charge in [-0.3, -0.25) is 0 Å². The fourth-order valence-electron chi connectivity index (χ4n) is 9.03. The maximum absolute atomic E-state index is 3.61. The van der Waals surface area contributed by atoms with Crippen LogP contribution in [0.1, 0.15) is 40.7 Å². The second kappa shape index (κ2) is 10.8. The molecule has 0 saturated carbocycles. The van der Waals surface area contributed by atoms with E-state index in [4.69, 9.17) is 0 Å². The van der Waals surface area contributed by atoms with Gasteiger partial charge in [-0.25, -0.2) is 0 Å². The van der Waals surface area contributed by atoms with Crippen LogP contribution in [0.3, 0.4) is 0 Å². The summed E-state index contributed by atoms with van der Waals surface area (Å²) in [6.07, 6.45) is 7.96. The quantitative estimate of drug-likeness (QED) is 0.184. The first-order valence-corrected chi connectivity index (χ1v) is 17.3. The first kappa shape index (κ1) is 27.7. The highest BCUT2D eigenvalue weighted by Crippen LogP contribution is 2.63. The topological polar surface area (TPSA) is 17.0 Å². The molecule has 2 nitrogen and oxygen atoms in total. The number of nitrogens with one attached hydrogen (secondary N) is 1. The van der Waals surface area contributed by atoms with Gasteiger partial charge < -0.3 is 9.88 Å². The summed E-state index contributed by atoms with van der Waals surface area (Å²) in [6.45, 7) is 1.86. The minimum Gasteiger partial charge on any atom is -0.312 e. The summed E-state index contributed by atoms with van der Waals surface area (Å²) in [5.41, 5.74) is 17.4. The van der Waals surface area contributed by atoms with E-state index in [0.29, 0.717) is 0 Å². The highest BCUT2D eigenvalue weighted by atomic mass is 15.0. The molecule has 1 unspecified atom stereocenters. The lowest BCUT2D eigenvalue weighted by Gasteiger charge is -2.41. The molecule has 10 rings (SSSR count). The molecule has 0 radical (unpaired) electrons. The van der Waals surface area contributed by atoms with Gasteiger partial charge in [-0.15, -0.1) is 0 Å². The summed E-state index contributed by atoms with van der Waals surface area (Å²) in [5.74, 6) is 0. The molecule has 0 saturated heterocycles. The number of allylic oxidation sites excluding steroid dienone is 4. The van der Waals surface area contributed by atoms with Gasteiger partial charge in [0.1, 0.15) is 0 Å². The smallest absolute Gasteiger partial charge is 0.0751 e. The summed E-state index contributed by atoms with van der Waals surface area (Å²) in [7, 11) is 0. The monoisotopic (exact) mass is 616 g/mol. The van der Waals surface area contributed by atoms with Gasteiger partial charge in [0.25, 0.3) is 0 Å². The SMILES string of the molecule is C1=CC2=C(CC1)n1c3ccccc3c3cccc(c31)C21c2ccccc2-c2c(-c3ccc(CCNCc4ccccc4)cc3)cccc21. The van der Waals surface area contributed by atoms with Crippen molar-refractivity contribution in [1.82, 2.24) is 9.88 Å².